The van der Waals surface area contributed by atoms with E-state index < -0.39 is 0 Å². The van der Waals surface area contributed by atoms with Crippen molar-refractivity contribution in [3.05, 3.63) is 82.2 Å². The molecule has 0 spiro atoms. The molecule has 4 rings (SSSR count). The van der Waals surface area contributed by atoms with Crippen LogP contribution in [0.4, 0.5) is 5.69 Å². The van der Waals surface area contributed by atoms with Gasteiger partial charge in [0.05, 0.1) is 17.1 Å². The van der Waals surface area contributed by atoms with Crippen LogP contribution in [0.1, 0.15) is 24.4 Å². The number of aromatic nitrogens is 3. The van der Waals surface area contributed by atoms with Crippen molar-refractivity contribution in [2.45, 2.75) is 25.8 Å². The van der Waals surface area contributed by atoms with Crippen molar-refractivity contribution in [3.8, 4) is 10.7 Å². The molecule has 0 radical (unpaired) electrons. The van der Waals surface area contributed by atoms with E-state index in [1.807, 2.05) is 60.0 Å². The molecule has 3 heterocycles. The van der Waals surface area contributed by atoms with E-state index in [-0.39, 0.29) is 5.91 Å². The standard InChI is InChI=1S/C22H19BrN4O2S/c23-16-9-11-18(12-10-16)27(15-17-5-1-2-13-24-17)21(28)8-3-7-20-25-22(26-29-20)19-6-4-14-30-19/h1-2,4-6,9-14H,3,7-8,15H2. The summed E-state index contributed by atoms with van der Waals surface area (Å²) in [5.41, 5.74) is 1.68. The summed E-state index contributed by atoms with van der Waals surface area (Å²) in [6.07, 6.45) is 3.29. The molecule has 152 valence electrons. The van der Waals surface area contributed by atoms with Crippen LogP contribution in [-0.2, 0) is 17.8 Å². The second kappa shape index (κ2) is 9.77. The molecule has 0 N–H and O–H groups in total. The largest absolute Gasteiger partial charge is 0.339 e. The number of halogens is 1. The van der Waals surface area contributed by atoms with Gasteiger partial charge >= 0.3 is 0 Å². The molecule has 4 aromatic rings. The van der Waals surface area contributed by atoms with Crippen LogP contribution in [0.3, 0.4) is 0 Å². The van der Waals surface area contributed by atoms with Crippen molar-refractivity contribution in [3.63, 3.8) is 0 Å². The zero-order valence-corrected chi connectivity index (χ0v) is 18.5. The van der Waals surface area contributed by atoms with Crippen molar-refractivity contribution in [1.82, 2.24) is 15.1 Å². The maximum absolute atomic E-state index is 13.0. The van der Waals surface area contributed by atoms with Gasteiger partial charge in [-0.25, -0.2) is 0 Å². The van der Waals surface area contributed by atoms with Crippen LogP contribution in [0, 0.1) is 0 Å². The molecule has 0 fully saturated rings. The molecule has 0 aliphatic rings. The number of hydrogen-bond donors (Lipinski definition) is 0. The Morgan fingerprint density at radius 1 is 1.10 bits per heavy atom. The summed E-state index contributed by atoms with van der Waals surface area (Å²) in [5, 5.41) is 5.99. The van der Waals surface area contributed by atoms with Crippen LogP contribution in [0.5, 0.6) is 0 Å². The monoisotopic (exact) mass is 482 g/mol. The molecule has 3 aromatic heterocycles. The topological polar surface area (TPSA) is 72.1 Å². The molecule has 30 heavy (non-hydrogen) atoms. The Hall–Kier alpha value is -2.84. The normalized spacial score (nSPS) is 10.8. The molecule has 6 nitrogen and oxygen atoms in total. The predicted molar refractivity (Wildman–Crippen MR) is 120 cm³/mol. The minimum absolute atomic E-state index is 0.0287. The van der Waals surface area contributed by atoms with Gasteiger partial charge in [-0.1, -0.05) is 33.2 Å². The van der Waals surface area contributed by atoms with Crippen LogP contribution in [0.25, 0.3) is 10.7 Å². The molecular weight excluding hydrogens is 464 g/mol. The van der Waals surface area contributed by atoms with Crippen LogP contribution >= 0.6 is 27.3 Å². The van der Waals surface area contributed by atoms with Gasteiger partial charge in [0.2, 0.25) is 17.6 Å². The summed E-state index contributed by atoms with van der Waals surface area (Å²) >= 11 is 5.01. The summed E-state index contributed by atoms with van der Waals surface area (Å²) in [7, 11) is 0. The third-order valence-corrected chi connectivity index (χ3v) is 5.87. The first-order valence-corrected chi connectivity index (χ1v) is 11.2. The van der Waals surface area contributed by atoms with Gasteiger partial charge in [0.1, 0.15) is 0 Å². The van der Waals surface area contributed by atoms with Crippen molar-refractivity contribution in [2.24, 2.45) is 0 Å². The second-order valence-corrected chi connectivity index (χ2v) is 8.48. The van der Waals surface area contributed by atoms with Gasteiger partial charge in [0.25, 0.3) is 0 Å². The van der Waals surface area contributed by atoms with E-state index in [0.29, 0.717) is 37.5 Å². The maximum Gasteiger partial charge on any atom is 0.227 e. The first-order valence-electron chi connectivity index (χ1n) is 9.51. The van der Waals surface area contributed by atoms with Crippen molar-refractivity contribution < 1.29 is 9.32 Å². The van der Waals surface area contributed by atoms with Crippen molar-refractivity contribution >= 4 is 38.9 Å². The highest BCUT2D eigenvalue weighted by Crippen LogP contribution is 2.23. The van der Waals surface area contributed by atoms with Crippen molar-refractivity contribution in [2.75, 3.05) is 4.90 Å². The fourth-order valence-electron chi connectivity index (χ4n) is 2.99. The molecule has 0 bridgehead atoms. The van der Waals surface area contributed by atoms with E-state index in [9.17, 15) is 4.79 Å². The molecule has 0 saturated heterocycles. The van der Waals surface area contributed by atoms with Crippen LogP contribution in [0.2, 0.25) is 0 Å². The molecule has 0 saturated carbocycles. The van der Waals surface area contributed by atoms with Gasteiger partial charge in [0, 0.05) is 29.2 Å². The number of rotatable bonds is 8. The third-order valence-electron chi connectivity index (χ3n) is 4.48. The van der Waals surface area contributed by atoms with Gasteiger partial charge in [-0.3, -0.25) is 9.78 Å². The highest BCUT2D eigenvalue weighted by atomic mass is 79.9. The summed E-state index contributed by atoms with van der Waals surface area (Å²) < 4.78 is 6.30. The number of anilines is 1. The van der Waals surface area contributed by atoms with Crippen LogP contribution in [-0.4, -0.2) is 21.0 Å². The zero-order valence-electron chi connectivity index (χ0n) is 16.1. The lowest BCUT2D eigenvalue weighted by Crippen LogP contribution is -2.30. The van der Waals surface area contributed by atoms with E-state index in [1.54, 1.807) is 22.4 Å². The van der Waals surface area contributed by atoms with Gasteiger partial charge < -0.3 is 9.42 Å². The Labute approximate surface area is 186 Å². The van der Waals surface area contributed by atoms with Gasteiger partial charge in [-0.05, 0) is 54.3 Å². The Morgan fingerprint density at radius 3 is 2.70 bits per heavy atom. The number of carbonyl (C=O) groups excluding carboxylic acids is 1. The number of hydrogen-bond acceptors (Lipinski definition) is 6. The van der Waals surface area contributed by atoms with E-state index >= 15 is 0 Å². The minimum atomic E-state index is 0.0287. The molecule has 0 unspecified atom stereocenters. The fourth-order valence-corrected chi connectivity index (χ4v) is 3.90. The SMILES string of the molecule is O=C(CCCc1nc(-c2cccs2)no1)N(Cc1ccccn1)c1ccc(Br)cc1. The van der Waals surface area contributed by atoms with E-state index in [0.717, 1.165) is 20.7 Å². The average molecular weight is 483 g/mol. The zero-order chi connectivity index (χ0) is 20.8. The number of carbonyl (C=O) groups is 1. The number of aryl methyl sites for hydroxylation is 1. The fraction of sp³-hybridized carbons (Fsp3) is 0.182. The first kappa shape index (κ1) is 20.4. The molecule has 0 aliphatic carbocycles. The van der Waals surface area contributed by atoms with E-state index in [1.165, 1.54) is 0 Å². The lowest BCUT2D eigenvalue weighted by molar-refractivity contribution is -0.118. The van der Waals surface area contributed by atoms with Gasteiger partial charge in [-0.2, -0.15) is 4.98 Å². The number of pyridine rings is 1. The number of nitrogens with zero attached hydrogens (tertiary/aromatic N) is 4. The lowest BCUT2D eigenvalue weighted by atomic mass is 10.2. The summed E-state index contributed by atoms with van der Waals surface area (Å²) in [6, 6.07) is 17.3. The highest BCUT2D eigenvalue weighted by molar-refractivity contribution is 9.10. The van der Waals surface area contributed by atoms with Gasteiger partial charge in [0.15, 0.2) is 0 Å². The highest BCUT2D eigenvalue weighted by Gasteiger charge is 2.17. The molecule has 0 aliphatic heterocycles. The van der Waals surface area contributed by atoms with Gasteiger partial charge in [-0.15, -0.1) is 11.3 Å². The molecule has 1 amide bonds. The average Bonchev–Trinajstić information content (AvgIpc) is 3.45. The van der Waals surface area contributed by atoms with Crippen LogP contribution in [0.15, 0.2) is 75.2 Å². The van der Waals surface area contributed by atoms with Crippen molar-refractivity contribution in [1.29, 1.82) is 0 Å². The number of amides is 1. The Balaban J connectivity index is 1.40. The minimum Gasteiger partial charge on any atom is -0.339 e. The molecule has 8 heteroatoms. The lowest BCUT2D eigenvalue weighted by Gasteiger charge is -2.22. The van der Waals surface area contributed by atoms with Crippen LogP contribution < -0.4 is 4.90 Å². The third kappa shape index (κ3) is 5.20. The Morgan fingerprint density at radius 2 is 1.97 bits per heavy atom. The summed E-state index contributed by atoms with van der Waals surface area (Å²) in [5.74, 6) is 1.17. The van der Waals surface area contributed by atoms with E-state index in [4.69, 9.17) is 4.52 Å². The molecule has 1 aromatic carbocycles. The summed E-state index contributed by atoms with van der Waals surface area (Å²) in [4.78, 5) is 24.6. The molecule has 0 atom stereocenters. The summed E-state index contributed by atoms with van der Waals surface area (Å²) in [6.45, 7) is 0.421. The number of benzene rings is 1. The Kier molecular flexibility index (Phi) is 6.66. The smallest absolute Gasteiger partial charge is 0.227 e. The predicted octanol–water partition coefficient (Wildman–Crippen LogP) is 5.51. The first-order chi connectivity index (χ1) is 14.7. The Bertz CT molecular complexity index is 1080. The molecular formula is C22H19BrN4O2S. The maximum atomic E-state index is 13.0. The number of thiophene rings is 1. The second-order valence-electron chi connectivity index (χ2n) is 6.62. The van der Waals surface area contributed by atoms with E-state index in [2.05, 4.69) is 31.1 Å². The quantitative estimate of drug-likeness (QED) is 0.331.